The van der Waals surface area contributed by atoms with Crippen molar-refractivity contribution in [2.75, 3.05) is 0 Å². The summed E-state index contributed by atoms with van der Waals surface area (Å²) in [6.07, 6.45) is 6.54. The first-order chi connectivity index (χ1) is 10.6. The second kappa shape index (κ2) is 5.23. The number of thiophene rings is 1. The lowest BCUT2D eigenvalue weighted by atomic mass is 10.1. The standard InChI is InChI=1S/C17H20N2O2S/c1-11(12-2-3-12)19(13-4-5-13)16(21)10-18-8-6-15(20)17-14(18)7-9-22-17/h6-9,11-13H,2-5,10H2,1H3. The summed E-state index contributed by atoms with van der Waals surface area (Å²) in [6, 6.07) is 4.30. The first kappa shape index (κ1) is 14.0. The van der Waals surface area contributed by atoms with Crippen molar-refractivity contribution in [3.8, 4) is 0 Å². The quantitative estimate of drug-likeness (QED) is 0.851. The van der Waals surface area contributed by atoms with Gasteiger partial charge in [-0.25, -0.2) is 0 Å². The molecule has 5 heteroatoms. The van der Waals surface area contributed by atoms with Crippen molar-refractivity contribution in [2.45, 2.75) is 51.2 Å². The zero-order chi connectivity index (χ0) is 15.3. The normalized spacial score (nSPS) is 19.3. The van der Waals surface area contributed by atoms with Crippen molar-refractivity contribution in [1.82, 2.24) is 9.47 Å². The number of hydrogen-bond donors (Lipinski definition) is 0. The van der Waals surface area contributed by atoms with Gasteiger partial charge in [-0.1, -0.05) is 0 Å². The molecule has 2 aromatic rings. The van der Waals surface area contributed by atoms with Gasteiger partial charge >= 0.3 is 0 Å². The number of aromatic nitrogens is 1. The predicted octanol–water partition coefficient (Wildman–Crippen LogP) is 2.85. The van der Waals surface area contributed by atoms with Gasteiger partial charge in [-0.15, -0.1) is 11.3 Å². The van der Waals surface area contributed by atoms with E-state index < -0.39 is 0 Å². The summed E-state index contributed by atoms with van der Waals surface area (Å²) < 4.78 is 2.66. The zero-order valence-electron chi connectivity index (χ0n) is 12.7. The number of amides is 1. The van der Waals surface area contributed by atoms with Gasteiger partial charge in [-0.3, -0.25) is 9.59 Å². The highest BCUT2D eigenvalue weighted by Crippen LogP contribution is 2.39. The molecule has 4 rings (SSSR count). The maximum Gasteiger partial charge on any atom is 0.243 e. The molecule has 2 fully saturated rings. The molecule has 22 heavy (non-hydrogen) atoms. The Morgan fingerprint density at radius 3 is 2.82 bits per heavy atom. The van der Waals surface area contributed by atoms with Crippen LogP contribution in [0.1, 0.15) is 32.6 Å². The van der Waals surface area contributed by atoms with Crippen molar-refractivity contribution in [3.05, 3.63) is 33.9 Å². The van der Waals surface area contributed by atoms with Crippen LogP contribution in [0.4, 0.5) is 0 Å². The fourth-order valence-electron chi connectivity index (χ4n) is 3.31. The third-order valence-electron chi connectivity index (χ3n) is 4.86. The maximum atomic E-state index is 12.8. The summed E-state index contributed by atoms with van der Waals surface area (Å²) >= 11 is 1.45. The van der Waals surface area contributed by atoms with Crippen LogP contribution < -0.4 is 5.43 Å². The van der Waals surface area contributed by atoms with E-state index >= 15 is 0 Å². The molecule has 2 aromatic heterocycles. The fraction of sp³-hybridized carbons (Fsp3) is 0.529. The molecule has 1 atom stereocenters. The monoisotopic (exact) mass is 316 g/mol. The summed E-state index contributed by atoms with van der Waals surface area (Å²) in [5.74, 6) is 0.887. The van der Waals surface area contributed by atoms with Crippen molar-refractivity contribution in [2.24, 2.45) is 5.92 Å². The summed E-state index contributed by atoms with van der Waals surface area (Å²) in [7, 11) is 0. The molecular formula is C17H20N2O2S. The highest BCUT2D eigenvalue weighted by atomic mass is 32.1. The zero-order valence-corrected chi connectivity index (χ0v) is 13.5. The van der Waals surface area contributed by atoms with Gasteiger partial charge in [0.05, 0.1) is 10.2 Å². The number of nitrogens with zero attached hydrogens (tertiary/aromatic N) is 2. The highest BCUT2D eigenvalue weighted by Gasteiger charge is 2.41. The Hall–Kier alpha value is -1.62. The van der Waals surface area contributed by atoms with E-state index in [4.69, 9.17) is 0 Å². The molecule has 0 saturated heterocycles. The van der Waals surface area contributed by atoms with Crippen LogP contribution >= 0.6 is 11.3 Å². The molecular weight excluding hydrogens is 296 g/mol. The van der Waals surface area contributed by atoms with E-state index in [1.165, 1.54) is 24.2 Å². The van der Waals surface area contributed by atoms with E-state index in [1.807, 2.05) is 16.0 Å². The highest BCUT2D eigenvalue weighted by molar-refractivity contribution is 7.17. The second-order valence-corrected chi connectivity index (χ2v) is 7.47. The van der Waals surface area contributed by atoms with E-state index in [0.29, 0.717) is 24.5 Å². The number of rotatable bonds is 5. The smallest absolute Gasteiger partial charge is 0.243 e. The Balaban J connectivity index is 1.60. The molecule has 0 radical (unpaired) electrons. The van der Waals surface area contributed by atoms with Crippen molar-refractivity contribution in [1.29, 1.82) is 0 Å². The minimum atomic E-state index is 0.0408. The fourth-order valence-corrected chi connectivity index (χ4v) is 4.14. The van der Waals surface area contributed by atoms with Crippen LogP contribution in [-0.4, -0.2) is 27.5 Å². The SMILES string of the molecule is CC(C1CC1)N(C(=O)Cn1ccc(=O)c2sccc21)C1CC1. The van der Waals surface area contributed by atoms with Crippen molar-refractivity contribution < 1.29 is 4.79 Å². The van der Waals surface area contributed by atoms with Crippen LogP contribution in [0.25, 0.3) is 10.2 Å². The van der Waals surface area contributed by atoms with Crippen LogP contribution in [0.3, 0.4) is 0 Å². The molecule has 2 aliphatic rings. The third kappa shape index (κ3) is 2.47. The van der Waals surface area contributed by atoms with Gasteiger partial charge in [0.1, 0.15) is 6.54 Å². The Morgan fingerprint density at radius 1 is 1.36 bits per heavy atom. The second-order valence-electron chi connectivity index (χ2n) is 6.55. The maximum absolute atomic E-state index is 12.8. The van der Waals surface area contributed by atoms with Gasteiger partial charge in [0.2, 0.25) is 5.91 Å². The minimum Gasteiger partial charge on any atom is -0.337 e. The Morgan fingerprint density at radius 2 is 2.14 bits per heavy atom. The van der Waals surface area contributed by atoms with Gasteiger partial charge in [-0.2, -0.15) is 0 Å². The van der Waals surface area contributed by atoms with E-state index in [9.17, 15) is 9.59 Å². The van der Waals surface area contributed by atoms with Gasteiger partial charge in [0.15, 0.2) is 5.43 Å². The van der Waals surface area contributed by atoms with Crippen LogP contribution in [-0.2, 0) is 11.3 Å². The number of fused-ring (bicyclic) bond motifs is 1. The molecule has 1 unspecified atom stereocenters. The Kier molecular flexibility index (Phi) is 3.33. The topological polar surface area (TPSA) is 42.3 Å². The molecule has 0 bridgehead atoms. The molecule has 4 nitrogen and oxygen atoms in total. The summed E-state index contributed by atoms with van der Waals surface area (Å²) in [4.78, 5) is 26.8. The first-order valence-corrected chi connectivity index (χ1v) is 8.91. The van der Waals surface area contributed by atoms with Crippen LogP contribution in [0.5, 0.6) is 0 Å². The van der Waals surface area contributed by atoms with E-state index in [-0.39, 0.29) is 11.3 Å². The van der Waals surface area contributed by atoms with E-state index in [2.05, 4.69) is 11.8 Å². The third-order valence-corrected chi connectivity index (χ3v) is 5.78. The van der Waals surface area contributed by atoms with Gasteiger partial charge in [0.25, 0.3) is 0 Å². The number of pyridine rings is 1. The predicted molar refractivity (Wildman–Crippen MR) is 88.1 cm³/mol. The average molecular weight is 316 g/mol. The summed E-state index contributed by atoms with van der Waals surface area (Å²) in [6.45, 7) is 2.53. The Labute approximate surface area is 133 Å². The lowest BCUT2D eigenvalue weighted by molar-refractivity contribution is -0.134. The Bertz CT molecular complexity index is 770. The number of carbonyl (C=O) groups is 1. The molecule has 2 saturated carbocycles. The lowest BCUT2D eigenvalue weighted by Crippen LogP contribution is -2.43. The lowest BCUT2D eigenvalue weighted by Gasteiger charge is -2.30. The van der Waals surface area contributed by atoms with Gasteiger partial charge < -0.3 is 9.47 Å². The molecule has 2 heterocycles. The summed E-state index contributed by atoms with van der Waals surface area (Å²) in [5, 5.41) is 1.92. The van der Waals surface area contributed by atoms with Crippen molar-refractivity contribution >= 4 is 27.5 Å². The van der Waals surface area contributed by atoms with Crippen LogP contribution in [0.2, 0.25) is 0 Å². The number of carbonyl (C=O) groups excluding carboxylic acids is 1. The van der Waals surface area contributed by atoms with Crippen LogP contribution in [0, 0.1) is 5.92 Å². The molecule has 1 amide bonds. The largest absolute Gasteiger partial charge is 0.337 e. The number of hydrogen-bond acceptors (Lipinski definition) is 3. The van der Waals surface area contributed by atoms with Crippen LogP contribution in [0.15, 0.2) is 28.5 Å². The molecule has 0 aromatic carbocycles. The minimum absolute atomic E-state index is 0.0408. The molecule has 0 aliphatic heterocycles. The molecule has 0 spiro atoms. The van der Waals surface area contributed by atoms with Gasteiger partial charge in [0, 0.05) is 24.3 Å². The average Bonchev–Trinajstić information content (AvgIpc) is 3.41. The molecule has 116 valence electrons. The molecule has 0 N–H and O–H groups in total. The first-order valence-electron chi connectivity index (χ1n) is 8.03. The van der Waals surface area contributed by atoms with E-state index in [0.717, 1.165) is 23.1 Å². The van der Waals surface area contributed by atoms with Crippen molar-refractivity contribution in [3.63, 3.8) is 0 Å². The van der Waals surface area contributed by atoms with E-state index in [1.54, 1.807) is 12.3 Å². The molecule has 2 aliphatic carbocycles. The summed E-state index contributed by atoms with van der Waals surface area (Å²) in [5.41, 5.74) is 0.916. The van der Waals surface area contributed by atoms with Gasteiger partial charge in [-0.05, 0) is 50.0 Å².